The quantitative estimate of drug-likeness (QED) is 0.476. The Morgan fingerprint density at radius 3 is 2.33 bits per heavy atom. The van der Waals surface area contributed by atoms with E-state index >= 15 is 0 Å². The summed E-state index contributed by atoms with van der Waals surface area (Å²) >= 11 is 0. The van der Waals surface area contributed by atoms with Crippen LogP contribution in [-0.4, -0.2) is 0 Å². The van der Waals surface area contributed by atoms with Gasteiger partial charge in [0, 0.05) is 0 Å². The molecule has 0 spiro atoms. The van der Waals surface area contributed by atoms with Gasteiger partial charge < -0.3 is 0 Å². The van der Waals surface area contributed by atoms with Crippen LogP contribution < -0.4 is 0 Å². The molecule has 2 atom stereocenters. The molecule has 12 heavy (non-hydrogen) atoms. The minimum absolute atomic E-state index is 0.806. The Labute approximate surface area is 75.4 Å². The van der Waals surface area contributed by atoms with Gasteiger partial charge in [0.2, 0.25) is 0 Å². The third kappa shape index (κ3) is 1.24. The van der Waals surface area contributed by atoms with Crippen molar-refractivity contribution in [1.29, 1.82) is 0 Å². The summed E-state index contributed by atoms with van der Waals surface area (Å²) in [7, 11) is 0. The van der Waals surface area contributed by atoms with E-state index in [0.717, 1.165) is 11.8 Å². The lowest BCUT2D eigenvalue weighted by molar-refractivity contribution is 0.466. The Morgan fingerprint density at radius 2 is 1.50 bits per heavy atom. The zero-order valence-electron chi connectivity index (χ0n) is 7.81. The molecule has 0 radical (unpaired) electrons. The third-order valence-corrected chi connectivity index (χ3v) is 3.57. The molecule has 0 nitrogen and oxygen atoms in total. The summed E-state index contributed by atoms with van der Waals surface area (Å²) in [6.07, 6.45) is 7.99. The Kier molecular flexibility index (Phi) is 2.08. The first-order chi connectivity index (χ1) is 5.79. The van der Waals surface area contributed by atoms with Crippen molar-refractivity contribution in [3.63, 3.8) is 0 Å². The predicted molar refractivity (Wildman–Crippen MR) is 53.0 cm³/mol. The van der Waals surface area contributed by atoms with Crippen molar-refractivity contribution in [2.45, 2.75) is 38.5 Å². The molecule has 0 aromatic rings. The standard InChI is InChI=1S/C12H18/c1-9-5-3-4-6-11-10(2)7-8-12(9)11/h11-12H,1-8H2. The summed E-state index contributed by atoms with van der Waals surface area (Å²) in [5, 5.41) is 0. The fraction of sp³-hybridized carbons (Fsp3) is 0.667. The Bertz CT molecular complexity index is 212. The molecule has 0 amide bonds. The maximum Gasteiger partial charge on any atom is -0.0137 e. The second-order valence-electron chi connectivity index (χ2n) is 4.31. The topological polar surface area (TPSA) is 0 Å². The molecule has 2 unspecified atom stereocenters. The average Bonchev–Trinajstić information content (AvgIpc) is 2.30. The number of hydrogen-bond acceptors (Lipinski definition) is 0. The zero-order chi connectivity index (χ0) is 8.55. The third-order valence-electron chi connectivity index (χ3n) is 3.57. The van der Waals surface area contributed by atoms with Gasteiger partial charge in [0.15, 0.2) is 0 Å². The van der Waals surface area contributed by atoms with Crippen LogP contribution in [0, 0.1) is 11.8 Å². The van der Waals surface area contributed by atoms with Crippen LogP contribution in [0.5, 0.6) is 0 Å². The van der Waals surface area contributed by atoms with Gasteiger partial charge in [0.1, 0.15) is 0 Å². The summed E-state index contributed by atoms with van der Waals surface area (Å²) < 4.78 is 0. The van der Waals surface area contributed by atoms with Crippen LogP contribution in [0.1, 0.15) is 38.5 Å². The fourth-order valence-corrected chi connectivity index (χ4v) is 2.81. The predicted octanol–water partition coefficient (Wildman–Crippen LogP) is 3.70. The fourth-order valence-electron chi connectivity index (χ4n) is 2.81. The molecular weight excluding hydrogens is 144 g/mol. The van der Waals surface area contributed by atoms with Crippen molar-refractivity contribution >= 4 is 0 Å². The van der Waals surface area contributed by atoms with Gasteiger partial charge in [-0.15, -0.1) is 0 Å². The zero-order valence-corrected chi connectivity index (χ0v) is 7.81. The minimum atomic E-state index is 0.806. The minimum Gasteiger partial charge on any atom is -0.0996 e. The van der Waals surface area contributed by atoms with Gasteiger partial charge in [-0.05, 0) is 43.9 Å². The average molecular weight is 162 g/mol. The van der Waals surface area contributed by atoms with Crippen LogP contribution >= 0.6 is 0 Å². The number of rotatable bonds is 0. The second kappa shape index (κ2) is 3.08. The Balaban J connectivity index is 2.18. The maximum atomic E-state index is 4.21. The van der Waals surface area contributed by atoms with E-state index in [1.807, 2.05) is 0 Å². The molecule has 2 aliphatic carbocycles. The normalized spacial score (nSPS) is 36.3. The van der Waals surface area contributed by atoms with Gasteiger partial charge in [-0.2, -0.15) is 0 Å². The van der Waals surface area contributed by atoms with E-state index in [2.05, 4.69) is 13.2 Å². The van der Waals surface area contributed by atoms with E-state index in [1.165, 1.54) is 49.7 Å². The first-order valence-electron chi connectivity index (χ1n) is 5.14. The van der Waals surface area contributed by atoms with Gasteiger partial charge in [-0.1, -0.05) is 30.7 Å². The van der Waals surface area contributed by atoms with E-state index < -0.39 is 0 Å². The van der Waals surface area contributed by atoms with E-state index in [1.54, 1.807) is 0 Å². The molecule has 2 rings (SSSR count). The van der Waals surface area contributed by atoms with Crippen molar-refractivity contribution in [3.05, 3.63) is 24.3 Å². The van der Waals surface area contributed by atoms with Gasteiger partial charge in [-0.3, -0.25) is 0 Å². The number of allylic oxidation sites excluding steroid dienone is 2. The maximum absolute atomic E-state index is 4.21. The highest BCUT2D eigenvalue weighted by molar-refractivity contribution is 5.19. The molecule has 0 aromatic carbocycles. The molecular formula is C12H18. The molecule has 2 aliphatic rings. The van der Waals surface area contributed by atoms with Crippen molar-refractivity contribution in [2.24, 2.45) is 11.8 Å². The molecule has 0 heteroatoms. The lowest BCUT2D eigenvalue weighted by Crippen LogP contribution is -2.08. The van der Waals surface area contributed by atoms with Gasteiger partial charge in [0.05, 0.1) is 0 Å². The lowest BCUT2D eigenvalue weighted by atomic mass is 9.87. The highest BCUT2D eigenvalue weighted by atomic mass is 14.4. The molecule has 0 bridgehead atoms. The monoisotopic (exact) mass is 162 g/mol. The van der Waals surface area contributed by atoms with Gasteiger partial charge >= 0.3 is 0 Å². The number of hydrogen-bond donors (Lipinski definition) is 0. The number of fused-ring (bicyclic) bond motifs is 1. The van der Waals surface area contributed by atoms with Crippen molar-refractivity contribution in [3.8, 4) is 0 Å². The van der Waals surface area contributed by atoms with Gasteiger partial charge in [-0.25, -0.2) is 0 Å². The van der Waals surface area contributed by atoms with Crippen molar-refractivity contribution < 1.29 is 0 Å². The molecule has 66 valence electrons. The summed E-state index contributed by atoms with van der Waals surface area (Å²) in [6.45, 7) is 8.38. The second-order valence-corrected chi connectivity index (χ2v) is 4.31. The molecule has 0 saturated heterocycles. The van der Waals surface area contributed by atoms with E-state index in [9.17, 15) is 0 Å². The Morgan fingerprint density at radius 1 is 0.833 bits per heavy atom. The first-order valence-corrected chi connectivity index (χ1v) is 5.14. The smallest absolute Gasteiger partial charge is 0.0137 e. The Hall–Kier alpha value is -0.520. The van der Waals surface area contributed by atoms with Crippen LogP contribution in [0.2, 0.25) is 0 Å². The molecule has 2 fully saturated rings. The van der Waals surface area contributed by atoms with E-state index in [-0.39, 0.29) is 0 Å². The molecule has 2 saturated carbocycles. The largest absolute Gasteiger partial charge is 0.0996 e. The molecule has 0 aromatic heterocycles. The highest BCUT2D eigenvalue weighted by Crippen LogP contribution is 2.45. The highest BCUT2D eigenvalue weighted by Gasteiger charge is 2.32. The molecule has 0 aliphatic heterocycles. The van der Waals surface area contributed by atoms with E-state index in [0.29, 0.717) is 0 Å². The molecule has 0 heterocycles. The van der Waals surface area contributed by atoms with Crippen LogP contribution in [0.15, 0.2) is 24.3 Å². The van der Waals surface area contributed by atoms with E-state index in [4.69, 9.17) is 0 Å². The van der Waals surface area contributed by atoms with Gasteiger partial charge in [0.25, 0.3) is 0 Å². The van der Waals surface area contributed by atoms with Crippen molar-refractivity contribution in [2.75, 3.05) is 0 Å². The summed E-state index contributed by atoms with van der Waals surface area (Å²) in [4.78, 5) is 0. The summed E-state index contributed by atoms with van der Waals surface area (Å²) in [6, 6.07) is 0. The van der Waals surface area contributed by atoms with Crippen molar-refractivity contribution in [1.82, 2.24) is 0 Å². The summed E-state index contributed by atoms with van der Waals surface area (Å²) in [5.41, 5.74) is 3.01. The SMILES string of the molecule is C=C1CCC2C(=C)CCCCC12. The van der Waals surface area contributed by atoms with Crippen LogP contribution in [0.3, 0.4) is 0 Å². The van der Waals surface area contributed by atoms with Crippen LogP contribution in [0.25, 0.3) is 0 Å². The lowest BCUT2D eigenvalue weighted by Gasteiger charge is -2.18. The van der Waals surface area contributed by atoms with Crippen LogP contribution in [0.4, 0.5) is 0 Å². The molecule has 0 N–H and O–H groups in total. The summed E-state index contributed by atoms with van der Waals surface area (Å²) in [5.74, 6) is 1.61. The first kappa shape index (κ1) is 8.10. The van der Waals surface area contributed by atoms with Crippen LogP contribution in [-0.2, 0) is 0 Å².